The van der Waals surface area contributed by atoms with Crippen molar-refractivity contribution in [3.63, 3.8) is 0 Å². The van der Waals surface area contributed by atoms with Gasteiger partial charge in [-0.3, -0.25) is 4.90 Å². The van der Waals surface area contributed by atoms with Gasteiger partial charge in [-0.15, -0.1) is 0 Å². The van der Waals surface area contributed by atoms with Crippen molar-refractivity contribution in [2.24, 2.45) is 0 Å². The summed E-state index contributed by atoms with van der Waals surface area (Å²) in [6, 6.07) is 0. The first kappa shape index (κ1) is 9.57. The van der Waals surface area contributed by atoms with E-state index in [9.17, 15) is 0 Å². The number of hydrogen-bond acceptors (Lipinski definition) is 3. The van der Waals surface area contributed by atoms with Gasteiger partial charge in [0.05, 0.1) is 0 Å². The average molecular weight is 151 g/mol. The Morgan fingerprint density at radius 3 is 2.73 bits per heavy atom. The molecule has 0 rings (SSSR count). The minimum atomic E-state index is 1.06. The van der Waals surface area contributed by atoms with Crippen LogP contribution in [0.25, 0.3) is 0 Å². The van der Waals surface area contributed by atoms with Crippen LogP contribution in [0.2, 0.25) is 0 Å². The van der Waals surface area contributed by atoms with Crippen molar-refractivity contribution in [1.82, 2.24) is 10.2 Å². The van der Waals surface area contributed by atoms with Gasteiger partial charge in [0.25, 0.3) is 0 Å². The second-order valence-electron chi connectivity index (χ2n) is 2.14. The maximum atomic E-state index is 8.34. The molecular formula is C8H13N3. The Kier molecular flexibility index (Phi) is 4.67. The first-order valence-electron chi connectivity index (χ1n) is 3.39. The maximum absolute atomic E-state index is 8.34. The highest BCUT2D eigenvalue weighted by Crippen LogP contribution is 1.85. The third-order valence-electron chi connectivity index (χ3n) is 1.20. The van der Waals surface area contributed by atoms with Crippen molar-refractivity contribution < 1.29 is 0 Å². The summed E-state index contributed by atoms with van der Waals surface area (Å²) in [5.74, 6) is 0. The monoisotopic (exact) mass is 151 g/mol. The molecule has 0 aliphatic heterocycles. The lowest BCUT2D eigenvalue weighted by atomic mass is 10.5. The molecule has 0 unspecified atom stereocenters. The number of allylic oxidation sites excluding steroid dienone is 2. The molecular weight excluding hydrogens is 138 g/mol. The summed E-state index contributed by atoms with van der Waals surface area (Å²) >= 11 is 0. The summed E-state index contributed by atoms with van der Waals surface area (Å²) < 4.78 is 0. The van der Waals surface area contributed by atoms with E-state index in [-0.39, 0.29) is 0 Å². The van der Waals surface area contributed by atoms with E-state index in [1.54, 1.807) is 19.4 Å². The van der Waals surface area contributed by atoms with Gasteiger partial charge in [0.2, 0.25) is 0 Å². The highest BCUT2D eigenvalue weighted by atomic mass is 15.1. The zero-order valence-corrected chi connectivity index (χ0v) is 7.13. The van der Waals surface area contributed by atoms with E-state index in [1.165, 1.54) is 4.90 Å². The Bertz CT molecular complexity index is 198. The average Bonchev–Trinajstić information content (AvgIpc) is 2.04. The standard InChI is InChI=1S/C8H13N3/c1-4-8(2)10-5-6-11(3)7-9/h4-6,10H,1-3H3/b6-5-,8-4+. The van der Waals surface area contributed by atoms with E-state index in [0.717, 1.165) is 5.70 Å². The molecule has 0 saturated carbocycles. The molecule has 0 bridgehead atoms. The molecule has 0 aromatic carbocycles. The molecule has 0 fully saturated rings. The fourth-order valence-corrected chi connectivity index (χ4v) is 0.397. The topological polar surface area (TPSA) is 39.1 Å². The van der Waals surface area contributed by atoms with Crippen LogP contribution in [0, 0.1) is 11.5 Å². The second kappa shape index (κ2) is 5.36. The van der Waals surface area contributed by atoms with Crippen molar-refractivity contribution in [3.05, 3.63) is 24.2 Å². The summed E-state index contributed by atoms with van der Waals surface area (Å²) in [5, 5.41) is 11.3. The van der Waals surface area contributed by atoms with E-state index in [4.69, 9.17) is 5.26 Å². The van der Waals surface area contributed by atoms with Crippen LogP contribution in [0.1, 0.15) is 13.8 Å². The molecule has 0 aliphatic carbocycles. The fraction of sp³-hybridized carbons (Fsp3) is 0.375. The third kappa shape index (κ3) is 5.04. The number of rotatable bonds is 3. The summed E-state index contributed by atoms with van der Waals surface area (Å²) in [4.78, 5) is 1.41. The van der Waals surface area contributed by atoms with Gasteiger partial charge < -0.3 is 5.32 Å². The molecule has 0 aromatic heterocycles. The Hall–Kier alpha value is -1.43. The lowest BCUT2D eigenvalue weighted by Gasteiger charge is -2.01. The molecule has 3 heteroatoms. The largest absolute Gasteiger partial charge is 0.364 e. The minimum Gasteiger partial charge on any atom is -0.364 e. The Morgan fingerprint density at radius 1 is 1.64 bits per heavy atom. The van der Waals surface area contributed by atoms with Crippen LogP contribution >= 0.6 is 0 Å². The third-order valence-corrected chi connectivity index (χ3v) is 1.20. The van der Waals surface area contributed by atoms with Gasteiger partial charge in [-0.25, -0.2) is 0 Å². The van der Waals surface area contributed by atoms with Crippen LogP contribution in [0.4, 0.5) is 0 Å². The summed E-state index contributed by atoms with van der Waals surface area (Å²) in [6.45, 7) is 3.90. The van der Waals surface area contributed by atoms with E-state index in [2.05, 4.69) is 5.32 Å². The first-order valence-corrected chi connectivity index (χ1v) is 3.39. The predicted molar refractivity (Wildman–Crippen MR) is 45.1 cm³/mol. The van der Waals surface area contributed by atoms with E-state index in [0.29, 0.717) is 0 Å². The van der Waals surface area contributed by atoms with Crippen molar-refractivity contribution in [1.29, 1.82) is 5.26 Å². The quantitative estimate of drug-likeness (QED) is 0.489. The van der Waals surface area contributed by atoms with Crippen molar-refractivity contribution >= 4 is 0 Å². The van der Waals surface area contributed by atoms with E-state index < -0.39 is 0 Å². The second-order valence-corrected chi connectivity index (χ2v) is 2.14. The van der Waals surface area contributed by atoms with Crippen LogP contribution in [0.15, 0.2) is 24.2 Å². The highest BCUT2D eigenvalue weighted by molar-refractivity contribution is 4.99. The van der Waals surface area contributed by atoms with Crippen LogP contribution in [0.5, 0.6) is 0 Å². The molecule has 0 radical (unpaired) electrons. The van der Waals surface area contributed by atoms with Crippen LogP contribution in [0.3, 0.4) is 0 Å². The zero-order valence-electron chi connectivity index (χ0n) is 7.13. The molecule has 0 aliphatic rings. The summed E-state index contributed by atoms with van der Waals surface area (Å²) in [7, 11) is 1.68. The van der Waals surface area contributed by atoms with Crippen LogP contribution in [-0.2, 0) is 0 Å². The number of hydrogen-bond donors (Lipinski definition) is 1. The lowest BCUT2D eigenvalue weighted by Crippen LogP contribution is -2.05. The number of nitriles is 1. The number of nitrogens with one attached hydrogen (secondary N) is 1. The Morgan fingerprint density at radius 2 is 2.27 bits per heavy atom. The fourth-order valence-electron chi connectivity index (χ4n) is 0.397. The molecule has 0 saturated heterocycles. The van der Waals surface area contributed by atoms with Gasteiger partial charge in [-0.1, -0.05) is 6.08 Å². The predicted octanol–water partition coefficient (Wildman–Crippen LogP) is 1.38. The molecule has 0 aromatic rings. The zero-order chi connectivity index (χ0) is 8.69. The van der Waals surface area contributed by atoms with E-state index >= 15 is 0 Å². The van der Waals surface area contributed by atoms with Gasteiger partial charge in [0.1, 0.15) is 0 Å². The molecule has 3 nitrogen and oxygen atoms in total. The smallest absolute Gasteiger partial charge is 0.183 e. The van der Waals surface area contributed by atoms with Crippen LogP contribution < -0.4 is 5.32 Å². The van der Waals surface area contributed by atoms with Crippen LogP contribution in [-0.4, -0.2) is 11.9 Å². The highest BCUT2D eigenvalue weighted by Gasteiger charge is 1.82. The van der Waals surface area contributed by atoms with E-state index in [1.807, 2.05) is 26.1 Å². The van der Waals surface area contributed by atoms with Gasteiger partial charge in [-0.2, -0.15) is 5.26 Å². The molecule has 0 spiro atoms. The van der Waals surface area contributed by atoms with Gasteiger partial charge in [-0.05, 0) is 13.8 Å². The van der Waals surface area contributed by atoms with Gasteiger partial charge in [0.15, 0.2) is 6.19 Å². The van der Waals surface area contributed by atoms with Crippen molar-refractivity contribution in [2.75, 3.05) is 7.05 Å². The summed E-state index contributed by atoms with van der Waals surface area (Å²) in [6.07, 6.45) is 7.28. The molecule has 0 heterocycles. The van der Waals surface area contributed by atoms with Crippen molar-refractivity contribution in [2.45, 2.75) is 13.8 Å². The number of nitrogens with zero attached hydrogens (tertiary/aromatic N) is 2. The molecule has 1 N–H and O–H groups in total. The lowest BCUT2D eigenvalue weighted by molar-refractivity contribution is 0.643. The Labute approximate surface area is 67.6 Å². The SMILES string of the molecule is C/C=C(\C)N/C=C\N(C)C#N. The van der Waals surface area contributed by atoms with Gasteiger partial charge in [0, 0.05) is 25.1 Å². The minimum absolute atomic E-state index is 1.06. The maximum Gasteiger partial charge on any atom is 0.183 e. The van der Waals surface area contributed by atoms with Gasteiger partial charge >= 0.3 is 0 Å². The molecule has 0 amide bonds. The molecule has 0 atom stereocenters. The molecule has 11 heavy (non-hydrogen) atoms. The van der Waals surface area contributed by atoms with Crippen molar-refractivity contribution in [3.8, 4) is 6.19 Å². The molecule has 60 valence electrons. The Balaban J connectivity index is 3.71. The summed E-state index contributed by atoms with van der Waals surface area (Å²) in [5.41, 5.74) is 1.06. The first-order chi connectivity index (χ1) is 5.20. The normalized spacial score (nSPS) is 11.3.